The third kappa shape index (κ3) is 1.85. The van der Waals surface area contributed by atoms with Gasteiger partial charge in [0.15, 0.2) is 5.71 Å². The lowest BCUT2D eigenvalue weighted by Gasteiger charge is -2.18. The smallest absolute Gasteiger partial charge is 0.151 e. The maximum Gasteiger partial charge on any atom is 0.151 e. The van der Waals surface area contributed by atoms with Crippen LogP contribution in [0.4, 0.5) is 0 Å². The molecular formula is C15H14N2O2. The molecular weight excluding hydrogens is 240 g/mol. The molecule has 2 aromatic rings. The molecule has 0 saturated carbocycles. The van der Waals surface area contributed by atoms with Crippen LogP contribution < -0.4 is 0 Å². The van der Waals surface area contributed by atoms with E-state index in [0.29, 0.717) is 12.3 Å². The molecule has 0 spiro atoms. The zero-order valence-electron chi connectivity index (χ0n) is 10.8. The summed E-state index contributed by atoms with van der Waals surface area (Å²) in [5, 5.41) is 14.9. The largest absolute Gasteiger partial charge is 0.506 e. The summed E-state index contributed by atoms with van der Waals surface area (Å²) in [6, 6.07) is 5.96. The number of benzene rings is 1. The normalized spacial score (nSPS) is 14.8. The van der Waals surface area contributed by atoms with Crippen LogP contribution >= 0.6 is 0 Å². The first-order chi connectivity index (χ1) is 9.20. The summed E-state index contributed by atoms with van der Waals surface area (Å²) in [4.78, 5) is 9.65. The molecule has 2 heterocycles. The van der Waals surface area contributed by atoms with Crippen molar-refractivity contribution in [2.75, 3.05) is 0 Å². The third-order valence-electron chi connectivity index (χ3n) is 3.25. The van der Waals surface area contributed by atoms with Crippen molar-refractivity contribution >= 4 is 16.6 Å². The number of aromatic nitrogens is 1. The van der Waals surface area contributed by atoms with Gasteiger partial charge in [0, 0.05) is 22.7 Å². The average Bonchev–Trinajstić information content (AvgIpc) is 2.45. The fraction of sp³-hybridized carbons (Fsp3) is 0.200. The Morgan fingerprint density at radius 3 is 3.05 bits per heavy atom. The second-order valence-corrected chi connectivity index (χ2v) is 4.56. The first kappa shape index (κ1) is 11.7. The zero-order valence-corrected chi connectivity index (χ0v) is 10.8. The number of fused-ring (bicyclic) bond motifs is 3. The van der Waals surface area contributed by atoms with Gasteiger partial charge in [0.1, 0.15) is 12.4 Å². The lowest BCUT2D eigenvalue weighted by Crippen LogP contribution is -2.14. The summed E-state index contributed by atoms with van der Waals surface area (Å²) in [6.07, 6.45) is 3.45. The van der Waals surface area contributed by atoms with Gasteiger partial charge < -0.3 is 9.94 Å². The second kappa shape index (κ2) is 4.39. The highest BCUT2D eigenvalue weighted by molar-refractivity contribution is 6.14. The summed E-state index contributed by atoms with van der Waals surface area (Å²) in [5.74, 6) is 0.126. The van der Waals surface area contributed by atoms with Gasteiger partial charge in [-0.15, -0.1) is 0 Å². The molecule has 1 aromatic carbocycles. The van der Waals surface area contributed by atoms with E-state index in [0.717, 1.165) is 27.6 Å². The van der Waals surface area contributed by atoms with Crippen LogP contribution in [-0.2, 0) is 11.4 Å². The Labute approximate surface area is 111 Å². The van der Waals surface area contributed by atoms with Crippen LogP contribution in [0.5, 0.6) is 0 Å². The molecule has 1 aliphatic heterocycles. The molecule has 1 aromatic heterocycles. The molecule has 0 unspecified atom stereocenters. The van der Waals surface area contributed by atoms with Crippen molar-refractivity contribution in [3.05, 3.63) is 52.9 Å². The minimum atomic E-state index is 0.126. The van der Waals surface area contributed by atoms with Gasteiger partial charge >= 0.3 is 0 Å². The summed E-state index contributed by atoms with van der Waals surface area (Å²) < 4.78 is 0. The van der Waals surface area contributed by atoms with Crippen molar-refractivity contribution in [3.63, 3.8) is 0 Å². The topological polar surface area (TPSA) is 54.7 Å². The number of aliphatic hydroxyl groups excluding tert-OH is 1. The van der Waals surface area contributed by atoms with E-state index in [1.165, 1.54) is 0 Å². The van der Waals surface area contributed by atoms with Crippen LogP contribution in [-0.4, -0.2) is 15.8 Å². The maximum absolute atomic E-state index is 9.89. The number of aryl methyl sites for hydroxylation is 1. The van der Waals surface area contributed by atoms with Gasteiger partial charge in [-0.05, 0) is 43.7 Å². The van der Waals surface area contributed by atoms with Gasteiger partial charge in [0.05, 0.1) is 5.52 Å². The molecule has 19 heavy (non-hydrogen) atoms. The summed E-state index contributed by atoms with van der Waals surface area (Å²) in [5.41, 5.74) is 4.43. The summed E-state index contributed by atoms with van der Waals surface area (Å²) >= 11 is 0. The summed E-state index contributed by atoms with van der Waals surface area (Å²) in [6.45, 7) is 4.17. The van der Waals surface area contributed by atoms with Gasteiger partial charge in [0.2, 0.25) is 0 Å². The lowest BCUT2D eigenvalue weighted by molar-refractivity contribution is 0.126. The molecule has 96 valence electrons. The van der Waals surface area contributed by atoms with Crippen molar-refractivity contribution < 1.29 is 9.94 Å². The van der Waals surface area contributed by atoms with E-state index in [-0.39, 0.29) is 5.76 Å². The van der Waals surface area contributed by atoms with E-state index in [1.807, 2.05) is 25.3 Å². The van der Waals surface area contributed by atoms with E-state index in [1.54, 1.807) is 13.0 Å². The fourth-order valence-corrected chi connectivity index (χ4v) is 2.27. The fourth-order valence-electron chi connectivity index (χ4n) is 2.27. The highest BCUT2D eigenvalue weighted by Gasteiger charge is 2.20. The molecule has 0 aliphatic carbocycles. The number of rotatable bonds is 1. The number of allylic oxidation sites excluding steroid dienone is 2. The van der Waals surface area contributed by atoms with Gasteiger partial charge in [-0.1, -0.05) is 5.16 Å². The Hall–Kier alpha value is -2.36. The number of hydrogen-bond acceptors (Lipinski definition) is 4. The summed E-state index contributed by atoms with van der Waals surface area (Å²) in [7, 11) is 0. The van der Waals surface area contributed by atoms with E-state index in [9.17, 15) is 5.11 Å². The molecule has 1 aliphatic rings. The predicted octanol–water partition coefficient (Wildman–Crippen LogP) is 3.24. The van der Waals surface area contributed by atoms with Crippen molar-refractivity contribution in [1.82, 2.24) is 4.98 Å². The standard InChI is InChI=1S/C15H14N2O2/c1-3-14(18)15-10-4-5-13-11(6-9(2)7-16-13)12(10)8-19-17-15/h3-7,18H,8H2,1-2H3/b14-3-. The van der Waals surface area contributed by atoms with Crippen molar-refractivity contribution in [1.29, 1.82) is 0 Å². The van der Waals surface area contributed by atoms with Crippen LogP contribution in [0.1, 0.15) is 23.6 Å². The molecule has 4 nitrogen and oxygen atoms in total. The molecule has 0 amide bonds. The molecule has 0 saturated heterocycles. The predicted molar refractivity (Wildman–Crippen MR) is 74.2 cm³/mol. The molecule has 0 bridgehead atoms. The van der Waals surface area contributed by atoms with Crippen LogP contribution in [0.2, 0.25) is 0 Å². The van der Waals surface area contributed by atoms with Crippen molar-refractivity contribution in [3.8, 4) is 0 Å². The van der Waals surface area contributed by atoms with E-state index in [4.69, 9.17) is 4.84 Å². The lowest BCUT2D eigenvalue weighted by atomic mass is 9.96. The highest BCUT2D eigenvalue weighted by Crippen LogP contribution is 2.27. The Bertz CT molecular complexity index is 717. The monoisotopic (exact) mass is 254 g/mol. The number of pyridine rings is 1. The second-order valence-electron chi connectivity index (χ2n) is 4.56. The third-order valence-corrected chi connectivity index (χ3v) is 3.25. The van der Waals surface area contributed by atoms with E-state index >= 15 is 0 Å². The molecule has 0 fully saturated rings. The minimum Gasteiger partial charge on any atom is -0.506 e. The first-order valence-electron chi connectivity index (χ1n) is 6.15. The van der Waals surface area contributed by atoms with Gasteiger partial charge in [-0.3, -0.25) is 4.98 Å². The first-order valence-corrected chi connectivity index (χ1v) is 6.15. The number of hydrogen-bond donors (Lipinski definition) is 1. The SMILES string of the molecule is C/C=C(\O)C1=NOCc2c1ccc1ncc(C)cc21. The Kier molecular flexibility index (Phi) is 2.71. The quantitative estimate of drug-likeness (QED) is 0.795. The average molecular weight is 254 g/mol. The van der Waals surface area contributed by atoms with Crippen LogP contribution in [0, 0.1) is 6.92 Å². The molecule has 4 heteroatoms. The molecule has 3 rings (SSSR count). The molecule has 1 N–H and O–H groups in total. The van der Waals surface area contributed by atoms with Crippen LogP contribution in [0.15, 0.2) is 41.4 Å². The molecule has 0 atom stereocenters. The Balaban J connectivity index is 2.29. The van der Waals surface area contributed by atoms with E-state index < -0.39 is 0 Å². The Morgan fingerprint density at radius 2 is 2.26 bits per heavy atom. The van der Waals surface area contributed by atoms with E-state index in [2.05, 4.69) is 16.2 Å². The van der Waals surface area contributed by atoms with Gasteiger partial charge in [-0.2, -0.15) is 0 Å². The van der Waals surface area contributed by atoms with Crippen LogP contribution in [0.25, 0.3) is 10.9 Å². The molecule has 0 radical (unpaired) electrons. The number of nitrogens with zero attached hydrogens (tertiary/aromatic N) is 2. The van der Waals surface area contributed by atoms with Gasteiger partial charge in [0.25, 0.3) is 0 Å². The van der Waals surface area contributed by atoms with Crippen molar-refractivity contribution in [2.24, 2.45) is 5.16 Å². The zero-order chi connectivity index (χ0) is 13.4. The number of oxime groups is 1. The van der Waals surface area contributed by atoms with Crippen molar-refractivity contribution in [2.45, 2.75) is 20.5 Å². The minimum absolute atomic E-state index is 0.126. The maximum atomic E-state index is 9.89. The van der Waals surface area contributed by atoms with Gasteiger partial charge in [-0.25, -0.2) is 0 Å². The number of aliphatic hydroxyl groups is 1. The van der Waals surface area contributed by atoms with Crippen LogP contribution in [0.3, 0.4) is 0 Å². The Morgan fingerprint density at radius 1 is 1.42 bits per heavy atom. The highest BCUT2D eigenvalue weighted by atomic mass is 16.6.